The number of H-pyrrole nitrogens is 1. The number of hydrogen-bond acceptors (Lipinski definition) is 8. The van der Waals surface area contributed by atoms with Crippen LogP contribution in [0.15, 0.2) is 11.1 Å². The normalized spacial score (nSPS) is 45.0. The minimum Gasteiger partial charge on any atom is -0.390 e. The number of nitrogen functional groups attached to an aromatic ring is 1. The van der Waals surface area contributed by atoms with Crippen LogP contribution in [-0.2, 0) is 13.8 Å². The van der Waals surface area contributed by atoms with Gasteiger partial charge in [0.15, 0.2) is 15.4 Å². The molecule has 3 rings (SSSR count). The van der Waals surface area contributed by atoms with Crippen LogP contribution >= 0.6 is 7.82 Å². The van der Waals surface area contributed by atoms with Crippen LogP contribution in [-0.4, -0.2) is 54.6 Å². The Kier molecular flexibility index (Phi) is 1.72. The molecule has 1 aliphatic heterocycles. The van der Waals surface area contributed by atoms with Gasteiger partial charge in [0, 0.05) is 9.11 Å². The summed E-state index contributed by atoms with van der Waals surface area (Å²) in [5.74, 6) is -1.06. The lowest BCUT2D eigenvalue weighted by Crippen LogP contribution is -2.25. The first kappa shape index (κ1) is 6.97. The summed E-state index contributed by atoms with van der Waals surface area (Å²) in [6.45, 7) is -4.16. The van der Waals surface area contributed by atoms with Gasteiger partial charge in [-0.05, 0) is 0 Å². The number of hydrogen-bond donors (Lipinski definition) is 5. The zero-order chi connectivity index (χ0) is 27.2. The van der Waals surface area contributed by atoms with Crippen LogP contribution in [0.5, 0.6) is 0 Å². The first-order valence-electron chi connectivity index (χ1n) is 11.3. The number of ether oxygens (including phenoxy) is 1. The van der Waals surface area contributed by atoms with Gasteiger partial charge >= 0.3 is 7.82 Å². The van der Waals surface area contributed by atoms with Gasteiger partial charge in [-0.15, -0.1) is 0 Å². The van der Waals surface area contributed by atoms with E-state index in [1.165, 1.54) is 0 Å². The number of aromatic nitrogens is 4. The molecule has 1 fully saturated rings. The Morgan fingerprint density at radius 3 is 3.43 bits per heavy atom. The average Bonchev–Trinajstić information content (AvgIpc) is 3.08. The second-order valence-corrected chi connectivity index (χ2v) is 5.09. The highest BCUT2D eigenvalue weighted by Gasteiger charge is 2.37. The van der Waals surface area contributed by atoms with Gasteiger partial charge in [0.2, 0.25) is 7.38 Å². The van der Waals surface area contributed by atoms with Gasteiger partial charge in [0.05, 0.1) is 25.8 Å². The summed E-state index contributed by atoms with van der Waals surface area (Å²) >= 11 is 0. The smallest absolute Gasteiger partial charge is 0.390 e. The molecule has 6 N–H and O–H groups in total. The number of rotatable bonds is 6. The number of nitrogens with zero attached hydrogens (tertiary/aromatic N) is 3. The minimum atomic E-state index is -5.81. The molecule has 0 spiro atoms. The van der Waals surface area contributed by atoms with E-state index in [-0.39, 0.29) is 15.3 Å². The summed E-state index contributed by atoms with van der Waals surface area (Å²) in [7, 11) is -5.81. The molecule has 12 nitrogen and oxygen atoms in total. The molecule has 0 amide bonds. The van der Waals surface area contributed by atoms with E-state index in [0.717, 1.165) is 0 Å². The lowest BCUT2D eigenvalue weighted by molar-refractivity contribution is -0.0424. The summed E-state index contributed by atoms with van der Waals surface area (Å²) < 4.78 is 114. The second-order valence-electron chi connectivity index (χ2n) is 3.92. The van der Waals surface area contributed by atoms with E-state index in [2.05, 4.69) is 19.6 Å². The third-order valence-electron chi connectivity index (χ3n) is 2.38. The van der Waals surface area contributed by atoms with Crippen molar-refractivity contribution in [1.82, 2.24) is 19.5 Å². The maximum atomic E-state index is 12.4. The number of anilines is 1. The maximum absolute atomic E-state index is 12.4. The van der Waals surface area contributed by atoms with Crippen molar-refractivity contribution in [2.24, 2.45) is 0 Å². The number of phosphoric acid groups is 1. The first-order valence-corrected chi connectivity index (χ1v) is 7.05. The van der Waals surface area contributed by atoms with E-state index in [0.29, 0.717) is 0 Å². The van der Waals surface area contributed by atoms with E-state index < -0.39 is 68.1 Å². The molecular formula is C10H14N5O7P. The number of nitrogens with one attached hydrogen (secondary N) is 1. The molecular weight excluding hydrogens is 333 g/mol. The third-order valence-corrected chi connectivity index (χ3v) is 2.71. The van der Waals surface area contributed by atoms with E-state index >= 15 is 0 Å². The first-order chi connectivity index (χ1) is 15.6. The lowest BCUT2D eigenvalue weighted by Gasteiger charge is -2.16. The number of aliphatic hydroxyl groups is 1. The summed E-state index contributed by atoms with van der Waals surface area (Å²) in [5.41, 5.74) is -3.63. The summed E-state index contributed by atoms with van der Waals surface area (Å²) in [5, 5.41) is 3.94. The van der Waals surface area contributed by atoms with Gasteiger partial charge in [-0.25, -0.2) is 9.55 Å². The van der Waals surface area contributed by atoms with Crippen molar-refractivity contribution in [1.29, 1.82) is 1.43 Å². The Balaban J connectivity index is 2.41. The number of fused-ring (bicyclic) bond motifs is 1. The van der Waals surface area contributed by atoms with Gasteiger partial charge in [-0.3, -0.25) is 18.9 Å². The predicted molar refractivity (Wildman–Crippen MR) is 75.1 cm³/mol. The van der Waals surface area contributed by atoms with Gasteiger partial charge in [-0.1, -0.05) is 0 Å². The fourth-order valence-electron chi connectivity index (χ4n) is 1.55. The standard InChI is InChI=1S/C10H14N5O7P/c11-10-13-8-7(9(17)14-10)12-3-15(8)6-1-4(16)5(22-6)2-21-23(18,19)20/h3-6,16H,1-2H2,(H2,18,19,20)(H3,11,13,14,17)/t4-,5+,6+/m0/s1/i1D2,2D2,3D,4D,5D,6D,16D/hD3. The molecule has 1 aliphatic rings. The largest absolute Gasteiger partial charge is 0.469 e. The molecule has 0 unspecified atom stereocenters. The van der Waals surface area contributed by atoms with Gasteiger partial charge < -0.3 is 25.4 Å². The van der Waals surface area contributed by atoms with Crippen LogP contribution in [0.3, 0.4) is 0 Å². The van der Waals surface area contributed by atoms with Crippen LogP contribution in [0, 0.1) is 0 Å². The summed E-state index contributed by atoms with van der Waals surface area (Å²) in [6.07, 6.45) is -17.0. The quantitative estimate of drug-likeness (QED) is 0.378. The van der Waals surface area contributed by atoms with Crippen molar-refractivity contribution in [2.75, 3.05) is 12.3 Å². The molecule has 0 aromatic carbocycles. The van der Waals surface area contributed by atoms with E-state index in [1.54, 1.807) is 0 Å². The Labute approximate surface area is 145 Å². The highest BCUT2D eigenvalue weighted by molar-refractivity contribution is 7.46. The van der Waals surface area contributed by atoms with Crippen molar-refractivity contribution in [3.05, 3.63) is 16.7 Å². The molecule has 2 aromatic rings. The fraction of sp³-hybridized carbons (Fsp3) is 0.500. The van der Waals surface area contributed by atoms with Crippen molar-refractivity contribution in [3.8, 4) is 0 Å². The molecule has 126 valence electrons. The molecule has 3 atom stereocenters. The Bertz CT molecular complexity index is 1300. The van der Waals surface area contributed by atoms with E-state index in [9.17, 15) is 9.36 Å². The van der Waals surface area contributed by atoms with Crippen LogP contribution in [0.1, 0.15) is 23.5 Å². The third kappa shape index (κ3) is 3.27. The molecule has 2 aromatic heterocycles. The zero-order valence-electron chi connectivity index (χ0n) is 22.6. The van der Waals surface area contributed by atoms with E-state index in [4.69, 9.17) is 31.2 Å². The highest BCUT2D eigenvalue weighted by Crippen LogP contribution is 2.38. The summed E-state index contributed by atoms with van der Waals surface area (Å²) in [4.78, 5) is 37.3. The fourth-order valence-corrected chi connectivity index (χ4v) is 1.75. The molecule has 0 radical (unpaired) electrons. The minimum absolute atomic E-state index is 0.0110. The number of nitrogens with two attached hydrogens (primary N) is 1. The molecule has 3 heterocycles. The topological polar surface area (TPSA) is 186 Å². The highest BCUT2D eigenvalue weighted by atomic mass is 31.2. The predicted octanol–water partition coefficient (Wildman–Crippen LogP) is -1.54. The van der Waals surface area contributed by atoms with Crippen LogP contribution in [0.2, 0.25) is 4.24 Å². The zero-order valence-corrected chi connectivity index (χ0v) is 11.5. The van der Waals surface area contributed by atoms with Gasteiger partial charge in [0.25, 0.3) is 5.56 Å². The van der Waals surface area contributed by atoms with Crippen LogP contribution in [0.25, 0.3) is 11.2 Å². The lowest BCUT2D eigenvalue weighted by atomic mass is 10.2. The van der Waals surface area contributed by atoms with Crippen molar-refractivity contribution in [2.45, 2.75) is 24.7 Å². The average molecular weight is 359 g/mol. The molecule has 0 bridgehead atoms. The Morgan fingerprint density at radius 1 is 1.91 bits per heavy atom. The van der Waals surface area contributed by atoms with Gasteiger partial charge in [-0.2, -0.15) is 4.98 Å². The maximum Gasteiger partial charge on any atom is 0.469 e. The Hall–Kier alpha value is -1.82. The molecule has 23 heavy (non-hydrogen) atoms. The molecule has 0 saturated carbocycles. The molecule has 0 aliphatic carbocycles. The molecule has 13 heteroatoms. The van der Waals surface area contributed by atoms with E-state index in [1.807, 2.05) is 0 Å². The van der Waals surface area contributed by atoms with Gasteiger partial charge in [0.1, 0.15) is 13.7 Å². The van der Waals surface area contributed by atoms with Crippen LogP contribution in [0.4, 0.5) is 5.95 Å². The van der Waals surface area contributed by atoms with Crippen molar-refractivity contribution >= 4 is 24.9 Å². The Morgan fingerprint density at radius 2 is 2.74 bits per heavy atom. The molecule has 1 saturated heterocycles. The second kappa shape index (κ2) is 5.67. The number of aromatic amines is 1. The SMILES string of the molecule is [2H]O[C@@]1([2H])C([2H])([2H])[C@]([2H])(n2c([2H])nc3c(=O)n([2H])c(N([2H])[2H])nc32)O[C@]1([2H])C([2H])([2H])OP(=O)(O)O. The van der Waals surface area contributed by atoms with Crippen molar-refractivity contribution in [3.63, 3.8) is 0 Å². The summed E-state index contributed by atoms with van der Waals surface area (Å²) in [6, 6.07) is 0. The number of imidazole rings is 1. The van der Waals surface area contributed by atoms with Crippen molar-refractivity contribution < 1.29 is 43.9 Å². The monoisotopic (exact) mass is 359 g/mol. The number of phosphoric ester groups is 1. The van der Waals surface area contributed by atoms with Crippen LogP contribution < -0.4 is 11.3 Å².